The number of carbonyl (C=O) groups excluding carboxylic acids is 2. The number of benzene rings is 1. The van der Waals surface area contributed by atoms with Crippen LogP contribution in [0, 0.1) is 5.82 Å². The summed E-state index contributed by atoms with van der Waals surface area (Å²) in [5.41, 5.74) is 0.584. The highest BCUT2D eigenvalue weighted by Crippen LogP contribution is 2.51. The van der Waals surface area contributed by atoms with Crippen LogP contribution in [0.3, 0.4) is 0 Å². The Morgan fingerprint density at radius 2 is 1.96 bits per heavy atom. The fraction of sp³-hybridized carbons (Fsp3) is 0.412. The molecule has 2 unspecified atom stereocenters. The zero-order valence-corrected chi connectivity index (χ0v) is 12.7. The van der Waals surface area contributed by atoms with Gasteiger partial charge < -0.3 is 9.47 Å². The van der Waals surface area contributed by atoms with Crippen molar-refractivity contribution in [3.8, 4) is 0 Å². The number of carbonyl (C=O) groups is 2. The molecule has 3 aliphatic rings. The zero-order valence-electron chi connectivity index (χ0n) is 12.7. The molecule has 5 nitrogen and oxygen atoms in total. The van der Waals surface area contributed by atoms with Crippen LogP contribution in [0.4, 0.5) is 4.39 Å². The van der Waals surface area contributed by atoms with Crippen LogP contribution in [0.15, 0.2) is 30.0 Å². The van der Waals surface area contributed by atoms with Crippen molar-refractivity contribution < 1.29 is 23.5 Å². The summed E-state index contributed by atoms with van der Waals surface area (Å²) in [4.78, 5) is 25.8. The van der Waals surface area contributed by atoms with Gasteiger partial charge in [-0.25, -0.2) is 4.39 Å². The van der Waals surface area contributed by atoms with Crippen molar-refractivity contribution in [2.24, 2.45) is 0 Å². The topological polar surface area (TPSA) is 55.8 Å². The molecule has 6 heteroatoms. The van der Waals surface area contributed by atoms with Crippen LogP contribution >= 0.6 is 0 Å². The molecular formula is C17H16FNO4. The van der Waals surface area contributed by atoms with E-state index in [1.807, 2.05) is 11.9 Å². The molecule has 120 valence electrons. The molecule has 3 aliphatic heterocycles. The number of hydrogen-bond acceptors (Lipinski definition) is 5. The Balaban J connectivity index is 1.90. The molecule has 0 radical (unpaired) electrons. The molecule has 0 aromatic heterocycles. The first kappa shape index (κ1) is 14.4. The molecule has 0 aliphatic carbocycles. The van der Waals surface area contributed by atoms with Crippen molar-refractivity contribution in [2.45, 2.75) is 37.5 Å². The number of halogens is 1. The Morgan fingerprint density at radius 3 is 2.70 bits per heavy atom. The van der Waals surface area contributed by atoms with Gasteiger partial charge in [0.05, 0.1) is 0 Å². The lowest BCUT2D eigenvalue weighted by Gasteiger charge is -2.41. The normalized spacial score (nSPS) is 30.6. The summed E-state index contributed by atoms with van der Waals surface area (Å²) in [5, 5.41) is 0. The number of hydrogen-bond donors (Lipinski definition) is 0. The summed E-state index contributed by atoms with van der Waals surface area (Å²) in [5.74, 6) is -1.12. The van der Waals surface area contributed by atoms with E-state index in [0.29, 0.717) is 18.6 Å². The molecule has 3 heterocycles. The van der Waals surface area contributed by atoms with E-state index in [2.05, 4.69) is 0 Å². The molecule has 1 spiro atoms. The second kappa shape index (κ2) is 4.89. The van der Waals surface area contributed by atoms with Gasteiger partial charge in [0, 0.05) is 18.0 Å². The van der Waals surface area contributed by atoms with Crippen LogP contribution < -0.4 is 0 Å². The van der Waals surface area contributed by atoms with Gasteiger partial charge >= 0.3 is 11.9 Å². The van der Waals surface area contributed by atoms with Gasteiger partial charge in [-0.2, -0.15) is 0 Å². The predicted molar refractivity (Wildman–Crippen MR) is 78.3 cm³/mol. The summed E-state index contributed by atoms with van der Waals surface area (Å²) in [6.07, 6.45) is 1.72. The van der Waals surface area contributed by atoms with Gasteiger partial charge in [-0.3, -0.25) is 14.5 Å². The predicted octanol–water partition coefficient (Wildman–Crippen LogP) is 2.22. The molecule has 23 heavy (non-hydrogen) atoms. The van der Waals surface area contributed by atoms with E-state index in [4.69, 9.17) is 9.47 Å². The van der Waals surface area contributed by atoms with Crippen molar-refractivity contribution in [1.29, 1.82) is 0 Å². The minimum absolute atomic E-state index is 0.198. The second-order valence-corrected chi connectivity index (χ2v) is 6.23. The molecule has 0 amide bonds. The number of esters is 2. The molecule has 4 rings (SSSR count). The van der Waals surface area contributed by atoms with E-state index >= 15 is 0 Å². The van der Waals surface area contributed by atoms with Gasteiger partial charge in [0.15, 0.2) is 5.76 Å². The van der Waals surface area contributed by atoms with E-state index in [1.165, 1.54) is 12.1 Å². The highest BCUT2D eigenvalue weighted by molar-refractivity contribution is 5.94. The first-order valence-corrected chi connectivity index (χ1v) is 7.64. The Labute approximate surface area is 132 Å². The van der Waals surface area contributed by atoms with E-state index in [-0.39, 0.29) is 18.3 Å². The molecule has 2 atom stereocenters. The largest absolute Gasteiger partial charge is 0.435 e. The third kappa shape index (κ3) is 2.09. The van der Waals surface area contributed by atoms with Crippen LogP contribution in [0.1, 0.15) is 31.2 Å². The van der Waals surface area contributed by atoms with E-state index in [0.717, 1.165) is 17.6 Å². The maximum atomic E-state index is 13.2. The Morgan fingerprint density at radius 1 is 1.22 bits per heavy atom. The average molecular weight is 317 g/mol. The van der Waals surface area contributed by atoms with Crippen molar-refractivity contribution in [3.63, 3.8) is 0 Å². The van der Waals surface area contributed by atoms with Crippen molar-refractivity contribution in [2.75, 3.05) is 7.05 Å². The molecule has 2 saturated heterocycles. The highest BCUT2D eigenvalue weighted by atomic mass is 19.1. The quantitative estimate of drug-likeness (QED) is 0.587. The van der Waals surface area contributed by atoms with Gasteiger partial charge in [-0.05, 0) is 37.6 Å². The van der Waals surface area contributed by atoms with Gasteiger partial charge in [-0.1, -0.05) is 12.1 Å². The monoisotopic (exact) mass is 317 g/mol. The van der Waals surface area contributed by atoms with Crippen LogP contribution in [0.25, 0.3) is 5.57 Å². The number of nitrogens with zero attached hydrogens (tertiary/aromatic N) is 1. The van der Waals surface area contributed by atoms with Gasteiger partial charge in [-0.15, -0.1) is 0 Å². The van der Waals surface area contributed by atoms with Crippen LogP contribution in [0.5, 0.6) is 0 Å². The smallest absolute Gasteiger partial charge is 0.322 e. The fourth-order valence-corrected chi connectivity index (χ4v) is 3.81. The molecule has 1 aromatic carbocycles. The lowest BCUT2D eigenvalue weighted by molar-refractivity contribution is -0.172. The van der Waals surface area contributed by atoms with Crippen LogP contribution in [-0.2, 0) is 19.1 Å². The number of fused-ring (bicyclic) bond motifs is 1. The molecule has 0 saturated carbocycles. The van der Waals surface area contributed by atoms with Gasteiger partial charge in [0.1, 0.15) is 12.2 Å². The number of ether oxygens (including phenoxy) is 2. The standard InChI is InChI=1S/C17H16FNO4/c1-19-12-6-7-17(19)16(22-14(20)9-15(21)23-17)13(8-12)10-2-4-11(18)5-3-10/h2-5,12H,6-9H2,1H3. The minimum Gasteiger partial charge on any atom is -0.435 e. The maximum Gasteiger partial charge on any atom is 0.322 e. The third-order valence-corrected chi connectivity index (χ3v) is 4.98. The van der Waals surface area contributed by atoms with Crippen molar-refractivity contribution >= 4 is 17.5 Å². The fourth-order valence-electron chi connectivity index (χ4n) is 3.81. The first-order valence-electron chi connectivity index (χ1n) is 7.64. The van der Waals surface area contributed by atoms with E-state index in [9.17, 15) is 14.0 Å². The van der Waals surface area contributed by atoms with Gasteiger partial charge in [0.25, 0.3) is 0 Å². The average Bonchev–Trinajstić information content (AvgIpc) is 2.65. The van der Waals surface area contributed by atoms with Crippen molar-refractivity contribution in [3.05, 3.63) is 41.4 Å². The Bertz CT molecular complexity index is 727. The van der Waals surface area contributed by atoms with Crippen LogP contribution in [-0.4, -0.2) is 35.7 Å². The Hall–Kier alpha value is -2.21. The van der Waals surface area contributed by atoms with Crippen molar-refractivity contribution in [1.82, 2.24) is 4.90 Å². The Kier molecular flexibility index (Phi) is 3.06. The van der Waals surface area contributed by atoms with Gasteiger partial charge in [0.2, 0.25) is 5.72 Å². The molecule has 1 aromatic rings. The molecule has 0 N–H and O–H groups in total. The van der Waals surface area contributed by atoms with E-state index < -0.39 is 17.7 Å². The maximum absolute atomic E-state index is 13.2. The summed E-state index contributed by atoms with van der Waals surface area (Å²) >= 11 is 0. The summed E-state index contributed by atoms with van der Waals surface area (Å²) in [6.45, 7) is 0. The molecule has 2 fully saturated rings. The zero-order chi connectivity index (χ0) is 16.2. The number of rotatable bonds is 1. The third-order valence-electron chi connectivity index (χ3n) is 4.98. The second-order valence-electron chi connectivity index (χ2n) is 6.23. The lowest BCUT2D eigenvalue weighted by atomic mass is 9.92. The SMILES string of the molecule is CN1C2CCC13OC(=O)CC(=O)OC3=C(c1ccc(F)cc1)C2. The minimum atomic E-state index is -1.02. The van der Waals surface area contributed by atoms with E-state index in [1.54, 1.807) is 12.1 Å². The molecular weight excluding hydrogens is 301 g/mol. The first-order chi connectivity index (χ1) is 11.0. The summed E-state index contributed by atoms with van der Waals surface area (Å²) < 4.78 is 24.4. The van der Waals surface area contributed by atoms with Crippen LogP contribution in [0.2, 0.25) is 0 Å². The highest BCUT2D eigenvalue weighted by Gasteiger charge is 2.57. The lowest BCUT2D eigenvalue weighted by Crippen LogP contribution is -2.52. The number of likely N-dealkylation sites (N-methyl/N-ethyl adjacent to an activating group) is 1. The summed E-state index contributed by atoms with van der Waals surface area (Å²) in [6, 6.07) is 6.27. The molecule has 2 bridgehead atoms. The summed E-state index contributed by atoms with van der Waals surface area (Å²) in [7, 11) is 1.88.